The number of nitrogens with one attached hydrogen (secondary N) is 2. The van der Waals surface area contributed by atoms with E-state index in [9.17, 15) is 4.79 Å². The number of carbonyl (C=O) groups excluding carboxylic acids is 1. The number of rotatable bonds is 5. The van der Waals surface area contributed by atoms with Gasteiger partial charge < -0.3 is 10.2 Å². The van der Waals surface area contributed by atoms with Crippen LogP contribution in [0, 0.1) is 0 Å². The Morgan fingerprint density at radius 1 is 1.26 bits per heavy atom. The van der Waals surface area contributed by atoms with Crippen LogP contribution in [0.1, 0.15) is 17.4 Å². The molecule has 2 heterocycles. The fourth-order valence-electron chi connectivity index (χ4n) is 2.87. The number of para-hydroxylation sites is 1. The first-order valence-electron chi connectivity index (χ1n) is 7.91. The molecule has 1 aliphatic rings. The predicted molar refractivity (Wildman–Crippen MR) is 88.4 cm³/mol. The summed E-state index contributed by atoms with van der Waals surface area (Å²) in [4.78, 5) is 16.7. The molecule has 0 saturated carbocycles. The van der Waals surface area contributed by atoms with Crippen LogP contribution in [-0.2, 0) is 0 Å². The largest absolute Gasteiger partial charge is 0.369 e. The number of aromatic nitrogens is 3. The topological polar surface area (TPSA) is 77.1 Å². The molecule has 1 atom stereocenters. The van der Waals surface area contributed by atoms with Crippen molar-refractivity contribution in [2.75, 3.05) is 37.6 Å². The second-order valence-corrected chi connectivity index (χ2v) is 5.85. The molecule has 1 aromatic heterocycles. The molecule has 1 aliphatic heterocycles. The minimum atomic E-state index is -0.186. The third-order valence-electron chi connectivity index (χ3n) is 4.05. The normalized spacial score (nSPS) is 17.0. The van der Waals surface area contributed by atoms with Gasteiger partial charge in [-0.2, -0.15) is 15.4 Å². The average molecular weight is 314 g/mol. The number of carbonyl (C=O) groups is 1. The van der Waals surface area contributed by atoms with Crippen LogP contribution in [-0.4, -0.2) is 65.0 Å². The smallest absolute Gasteiger partial charge is 0.273 e. The second kappa shape index (κ2) is 7.23. The number of anilines is 1. The predicted octanol–water partition coefficient (Wildman–Crippen LogP) is 0.745. The Balaban J connectivity index is 1.44. The standard InChI is InChI=1S/C16H22N6O/c1-13(18-16(23)15-11-17-20-19-15)12-21-7-9-22(10-8-21)14-5-3-2-4-6-14/h2-6,11,13H,7-10,12H2,1H3,(H,18,23)(H,17,19,20)/t13-/m0/s1. The van der Waals surface area contributed by atoms with Gasteiger partial charge in [0.15, 0.2) is 5.69 Å². The summed E-state index contributed by atoms with van der Waals surface area (Å²) in [5, 5.41) is 12.8. The third kappa shape index (κ3) is 4.07. The molecule has 122 valence electrons. The molecular formula is C16H22N6O. The summed E-state index contributed by atoms with van der Waals surface area (Å²) in [6, 6.07) is 10.6. The fourth-order valence-corrected chi connectivity index (χ4v) is 2.87. The van der Waals surface area contributed by atoms with Gasteiger partial charge in [-0.3, -0.25) is 9.69 Å². The number of nitrogens with zero attached hydrogens (tertiary/aromatic N) is 4. The van der Waals surface area contributed by atoms with Crippen LogP contribution in [0.4, 0.5) is 5.69 Å². The summed E-state index contributed by atoms with van der Waals surface area (Å²) < 4.78 is 0. The number of hydrogen-bond donors (Lipinski definition) is 2. The van der Waals surface area contributed by atoms with Crippen molar-refractivity contribution in [3.63, 3.8) is 0 Å². The molecule has 0 spiro atoms. The van der Waals surface area contributed by atoms with Gasteiger partial charge in [0, 0.05) is 44.5 Å². The quantitative estimate of drug-likeness (QED) is 0.851. The van der Waals surface area contributed by atoms with E-state index in [1.807, 2.05) is 13.0 Å². The van der Waals surface area contributed by atoms with Crippen LogP contribution < -0.4 is 10.2 Å². The molecule has 7 nitrogen and oxygen atoms in total. The first-order chi connectivity index (χ1) is 11.2. The Kier molecular flexibility index (Phi) is 4.87. The Morgan fingerprint density at radius 3 is 2.65 bits per heavy atom. The zero-order chi connectivity index (χ0) is 16.1. The maximum atomic E-state index is 11.9. The summed E-state index contributed by atoms with van der Waals surface area (Å²) in [5.74, 6) is -0.186. The highest BCUT2D eigenvalue weighted by molar-refractivity contribution is 5.91. The highest BCUT2D eigenvalue weighted by Crippen LogP contribution is 2.15. The Labute approximate surface area is 135 Å². The minimum Gasteiger partial charge on any atom is -0.369 e. The third-order valence-corrected chi connectivity index (χ3v) is 4.05. The van der Waals surface area contributed by atoms with Crippen LogP contribution in [0.5, 0.6) is 0 Å². The van der Waals surface area contributed by atoms with Crippen molar-refractivity contribution in [2.24, 2.45) is 0 Å². The van der Waals surface area contributed by atoms with E-state index < -0.39 is 0 Å². The molecule has 23 heavy (non-hydrogen) atoms. The fraction of sp³-hybridized carbons (Fsp3) is 0.438. The van der Waals surface area contributed by atoms with Gasteiger partial charge in [0.2, 0.25) is 0 Å². The van der Waals surface area contributed by atoms with E-state index in [0.29, 0.717) is 5.69 Å². The first-order valence-corrected chi connectivity index (χ1v) is 7.91. The lowest BCUT2D eigenvalue weighted by Gasteiger charge is -2.37. The molecule has 1 amide bonds. The zero-order valence-electron chi connectivity index (χ0n) is 13.3. The van der Waals surface area contributed by atoms with Gasteiger partial charge in [-0.05, 0) is 19.1 Å². The maximum Gasteiger partial charge on any atom is 0.273 e. The number of benzene rings is 1. The van der Waals surface area contributed by atoms with E-state index in [1.165, 1.54) is 11.9 Å². The van der Waals surface area contributed by atoms with Gasteiger partial charge in [0.25, 0.3) is 5.91 Å². The van der Waals surface area contributed by atoms with Crippen molar-refractivity contribution in [2.45, 2.75) is 13.0 Å². The number of amides is 1. The van der Waals surface area contributed by atoms with Crippen molar-refractivity contribution >= 4 is 11.6 Å². The van der Waals surface area contributed by atoms with E-state index >= 15 is 0 Å². The van der Waals surface area contributed by atoms with E-state index in [2.05, 4.69) is 54.8 Å². The minimum absolute atomic E-state index is 0.0717. The first kappa shape index (κ1) is 15.5. The molecule has 0 bridgehead atoms. The lowest BCUT2D eigenvalue weighted by atomic mass is 10.2. The number of piperazine rings is 1. The lowest BCUT2D eigenvalue weighted by Crippen LogP contribution is -2.50. The summed E-state index contributed by atoms with van der Waals surface area (Å²) in [7, 11) is 0. The molecule has 3 rings (SSSR count). The maximum absolute atomic E-state index is 11.9. The van der Waals surface area contributed by atoms with E-state index in [1.54, 1.807) is 0 Å². The number of aromatic amines is 1. The number of hydrogen-bond acceptors (Lipinski definition) is 5. The van der Waals surface area contributed by atoms with Gasteiger partial charge in [-0.25, -0.2) is 0 Å². The van der Waals surface area contributed by atoms with Gasteiger partial charge >= 0.3 is 0 Å². The van der Waals surface area contributed by atoms with Crippen LogP contribution >= 0.6 is 0 Å². The Bertz CT molecular complexity index is 607. The molecule has 0 radical (unpaired) electrons. The SMILES string of the molecule is C[C@@H](CN1CCN(c2ccccc2)CC1)NC(=O)c1cn[nH]n1. The monoisotopic (exact) mass is 314 g/mol. The van der Waals surface area contributed by atoms with Gasteiger partial charge in [-0.15, -0.1) is 0 Å². The van der Waals surface area contributed by atoms with Crippen molar-refractivity contribution in [3.8, 4) is 0 Å². The summed E-state index contributed by atoms with van der Waals surface area (Å²) >= 11 is 0. The molecular weight excluding hydrogens is 292 g/mol. The molecule has 2 N–H and O–H groups in total. The van der Waals surface area contributed by atoms with Crippen LogP contribution in [0.2, 0.25) is 0 Å². The van der Waals surface area contributed by atoms with E-state index in [4.69, 9.17) is 0 Å². The van der Waals surface area contributed by atoms with Crippen molar-refractivity contribution in [1.82, 2.24) is 25.6 Å². The zero-order valence-corrected chi connectivity index (χ0v) is 13.3. The summed E-state index contributed by atoms with van der Waals surface area (Å²) in [6.45, 7) is 6.87. The van der Waals surface area contributed by atoms with Gasteiger partial charge in [0.05, 0.1) is 6.20 Å². The molecule has 2 aromatic rings. The molecule has 1 fully saturated rings. The Morgan fingerprint density at radius 2 is 2.00 bits per heavy atom. The van der Waals surface area contributed by atoms with Crippen molar-refractivity contribution < 1.29 is 4.79 Å². The van der Waals surface area contributed by atoms with Gasteiger partial charge in [-0.1, -0.05) is 18.2 Å². The highest BCUT2D eigenvalue weighted by Gasteiger charge is 2.20. The molecule has 1 saturated heterocycles. The van der Waals surface area contributed by atoms with Crippen molar-refractivity contribution in [1.29, 1.82) is 0 Å². The van der Waals surface area contributed by atoms with Crippen LogP contribution in [0.3, 0.4) is 0 Å². The lowest BCUT2D eigenvalue weighted by molar-refractivity contribution is 0.0923. The number of H-pyrrole nitrogens is 1. The average Bonchev–Trinajstić information content (AvgIpc) is 3.11. The summed E-state index contributed by atoms with van der Waals surface area (Å²) in [6.07, 6.45) is 1.43. The van der Waals surface area contributed by atoms with Crippen molar-refractivity contribution in [3.05, 3.63) is 42.2 Å². The Hall–Kier alpha value is -2.41. The molecule has 0 unspecified atom stereocenters. The molecule has 1 aromatic carbocycles. The highest BCUT2D eigenvalue weighted by atomic mass is 16.2. The molecule has 0 aliphatic carbocycles. The van der Waals surface area contributed by atoms with Crippen LogP contribution in [0.15, 0.2) is 36.5 Å². The second-order valence-electron chi connectivity index (χ2n) is 5.85. The van der Waals surface area contributed by atoms with E-state index in [0.717, 1.165) is 32.7 Å². The summed E-state index contributed by atoms with van der Waals surface area (Å²) in [5.41, 5.74) is 1.60. The van der Waals surface area contributed by atoms with E-state index in [-0.39, 0.29) is 11.9 Å². The van der Waals surface area contributed by atoms with Crippen LogP contribution in [0.25, 0.3) is 0 Å². The van der Waals surface area contributed by atoms with Gasteiger partial charge in [0.1, 0.15) is 0 Å². The molecule has 7 heteroatoms.